The van der Waals surface area contributed by atoms with Crippen LogP contribution in [0.25, 0.3) is 0 Å². The van der Waals surface area contributed by atoms with Crippen molar-refractivity contribution in [2.24, 2.45) is 7.05 Å². The molecule has 0 unspecified atom stereocenters. The Balaban J connectivity index is 2.39. The van der Waals surface area contributed by atoms with Gasteiger partial charge in [-0.2, -0.15) is 0 Å². The molecule has 1 aromatic carbocycles. The first-order valence-electron chi connectivity index (χ1n) is 4.90. The molecule has 0 amide bonds. The quantitative estimate of drug-likeness (QED) is 0.785. The van der Waals surface area contributed by atoms with E-state index in [1.165, 1.54) is 30.8 Å². The van der Waals surface area contributed by atoms with Gasteiger partial charge in [-0.15, -0.1) is 10.2 Å². The molecule has 1 heterocycles. The van der Waals surface area contributed by atoms with Crippen molar-refractivity contribution in [1.82, 2.24) is 14.8 Å². The molecular formula is C11H10FN3OS. The van der Waals surface area contributed by atoms with Crippen LogP contribution in [0.1, 0.15) is 17.3 Å². The lowest BCUT2D eigenvalue weighted by Crippen LogP contribution is -1.97. The Hall–Kier alpha value is -1.69. The summed E-state index contributed by atoms with van der Waals surface area (Å²) in [7, 11) is 1.80. The number of halogens is 1. The molecule has 0 fully saturated rings. The molecule has 17 heavy (non-hydrogen) atoms. The predicted octanol–water partition coefficient (Wildman–Crippen LogP) is 2.31. The van der Waals surface area contributed by atoms with E-state index in [-0.39, 0.29) is 5.78 Å². The highest BCUT2D eigenvalue weighted by atomic mass is 32.2. The molecule has 0 bridgehead atoms. The minimum Gasteiger partial charge on any atom is -0.311 e. The van der Waals surface area contributed by atoms with Gasteiger partial charge in [0, 0.05) is 17.5 Å². The van der Waals surface area contributed by atoms with Crippen molar-refractivity contribution in [3.05, 3.63) is 35.9 Å². The van der Waals surface area contributed by atoms with Crippen LogP contribution < -0.4 is 0 Å². The van der Waals surface area contributed by atoms with E-state index in [0.29, 0.717) is 15.6 Å². The monoisotopic (exact) mass is 251 g/mol. The molecule has 1 aromatic heterocycles. The number of aromatic nitrogens is 3. The number of aryl methyl sites for hydroxylation is 1. The van der Waals surface area contributed by atoms with E-state index < -0.39 is 5.82 Å². The highest BCUT2D eigenvalue weighted by molar-refractivity contribution is 7.99. The van der Waals surface area contributed by atoms with Gasteiger partial charge in [-0.1, -0.05) is 0 Å². The van der Waals surface area contributed by atoms with Crippen LogP contribution in [0.15, 0.2) is 34.6 Å². The Morgan fingerprint density at radius 3 is 2.82 bits per heavy atom. The van der Waals surface area contributed by atoms with Crippen LogP contribution in [0.5, 0.6) is 0 Å². The Bertz CT molecular complexity index is 568. The summed E-state index contributed by atoms with van der Waals surface area (Å²) in [5, 5.41) is 8.30. The summed E-state index contributed by atoms with van der Waals surface area (Å²) >= 11 is 1.29. The zero-order valence-corrected chi connectivity index (χ0v) is 10.2. The van der Waals surface area contributed by atoms with Gasteiger partial charge in [0.25, 0.3) is 0 Å². The third-order valence-corrected chi connectivity index (χ3v) is 3.32. The average Bonchev–Trinajstić information content (AvgIpc) is 2.67. The molecule has 4 nitrogen and oxygen atoms in total. The highest BCUT2D eigenvalue weighted by Gasteiger charge is 2.12. The van der Waals surface area contributed by atoms with Crippen LogP contribution in [0, 0.1) is 5.82 Å². The molecule has 88 valence electrons. The molecule has 0 aliphatic heterocycles. The normalized spacial score (nSPS) is 10.5. The summed E-state index contributed by atoms with van der Waals surface area (Å²) in [5.74, 6) is -0.591. The Morgan fingerprint density at radius 2 is 2.24 bits per heavy atom. The van der Waals surface area contributed by atoms with Crippen molar-refractivity contribution >= 4 is 17.5 Å². The van der Waals surface area contributed by atoms with Crippen LogP contribution in [-0.4, -0.2) is 20.5 Å². The molecule has 2 aromatic rings. The molecule has 0 saturated carbocycles. The summed E-state index contributed by atoms with van der Waals surface area (Å²) in [5.41, 5.74) is 0.359. The second-order valence-electron chi connectivity index (χ2n) is 3.52. The second kappa shape index (κ2) is 4.67. The molecule has 0 aliphatic carbocycles. The van der Waals surface area contributed by atoms with E-state index in [9.17, 15) is 9.18 Å². The first-order valence-corrected chi connectivity index (χ1v) is 5.72. The lowest BCUT2D eigenvalue weighted by Gasteiger charge is -2.05. The van der Waals surface area contributed by atoms with Gasteiger partial charge in [-0.3, -0.25) is 4.79 Å². The molecule has 0 radical (unpaired) electrons. The van der Waals surface area contributed by atoms with Gasteiger partial charge < -0.3 is 4.57 Å². The number of hydrogen-bond acceptors (Lipinski definition) is 4. The van der Waals surface area contributed by atoms with Crippen molar-refractivity contribution in [1.29, 1.82) is 0 Å². The summed E-state index contributed by atoms with van der Waals surface area (Å²) in [6, 6.07) is 4.14. The van der Waals surface area contributed by atoms with Crippen molar-refractivity contribution in [3.8, 4) is 0 Å². The standard InChI is InChI=1S/C11H10FN3OS/c1-7(16)9-5-8(12)3-4-10(9)17-11-14-13-6-15(11)2/h3-6H,1-2H3. The molecule has 0 atom stereocenters. The summed E-state index contributed by atoms with van der Waals surface area (Å²) in [4.78, 5) is 12.1. The zero-order valence-electron chi connectivity index (χ0n) is 9.35. The lowest BCUT2D eigenvalue weighted by atomic mass is 10.1. The fourth-order valence-corrected chi connectivity index (χ4v) is 2.25. The molecule has 2 rings (SSSR count). The smallest absolute Gasteiger partial charge is 0.195 e. The third-order valence-electron chi connectivity index (χ3n) is 2.19. The zero-order chi connectivity index (χ0) is 12.4. The SMILES string of the molecule is CC(=O)c1cc(F)ccc1Sc1nncn1C. The second-order valence-corrected chi connectivity index (χ2v) is 4.53. The first kappa shape index (κ1) is 11.8. The molecule has 0 spiro atoms. The van der Waals surface area contributed by atoms with E-state index >= 15 is 0 Å². The van der Waals surface area contributed by atoms with E-state index in [0.717, 1.165) is 0 Å². The van der Waals surface area contributed by atoms with E-state index in [1.54, 1.807) is 24.0 Å². The van der Waals surface area contributed by atoms with Crippen molar-refractivity contribution < 1.29 is 9.18 Å². The van der Waals surface area contributed by atoms with Crippen molar-refractivity contribution in [3.63, 3.8) is 0 Å². The van der Waals surface area contributed by atoms with Gasteiger partial charge in [0.05, 0.1) is 0 Å². The third kappa shape index (κ3) is 2.52. The molecule has 0 aliphatic rings. The summed E-state index contributed by atoms with van der Waals surface area (Å²) in [6.07, 6.45) is 1.57. The van der Waals surface area contributed by atoms with Crippen LogP contribution in [0.3, 0.4) is 0 Å². The number of carbonyl (C=O) groups excluding carboxylic acids is 1. The molecule has 0 saturated heterocycles. The van der Waals surface area contributed by atoms with Gasteiger partial charge in [-0.25, -0.2) is 4.39 Å². The van der Waals surface area contributed by atoms with Crippen LogP contribution >= 0.6 is 11.8 Å². The van der Waals surface area contributed by atoms with Crippen LogP contribution in [0.2, 0.25) is 0 Å². The molecule has 0 N–H and O–H groups in total. The Morgan fingerprint density at radius 1 is 1.47 bits per heavy atom. The van der Waals surface area contributed by atoms with Gasteiger partial charge in [0.1, 0.15) is 12.1 Å². The minimum absolute atomic E-state index is 0.172. The maximum atomic E-state index is 13.1. The number of carbonyl (C=O) groups is 1. The van der Waals surface area contributed by atoms with Gasteiger partial charge >= 0.3 is 0 Å². The Labute approximate surface area is 102 Å². The maximum Gasteiger partial charge on any atom is 0.195 e. The van der Waals surface area contributed by atoms with Crippen molar-refractivity contribution in [2.75, 3.05) is 0 Å². The summed E-state index contributed by atoms with van der Waals surface area (Å²) < 4.78 is 14.8. The Kier molecular flexibility index (Phi) is 3.23. The number of Topliss-reactive ketones (excluding diaryl/α,β-unsaturated/α-hetero) is 1. The summed E-state index contributed by atoms with van der Waals surface area (Å²) in [6.45, 7) is 1.41. The fraction of sp³-hybridized carbons (Fsp3) is 0.182. The van der Waals surface area contributed by atoms with E-state index in [2.05, 4.69) is 10.2 Å². The number of benzene rings is 1. The fourth-order valence-electron chi connectivity index (χ4n) is 1.33. The molecule has 6 heteroatoms. The highest BCUT2D eigenvalue weighted by Crippen LogP contribution is 2.29. The molecular weight excluding hydrogens is 241 g/mol. The number of nitrogens with zero attached hydrogens (tertiary/aromatic N) is 3. The number of hydrogen-bond donors (Lipinski definition) is 0. The predicted molar refractivity (Wildman–Crippen MR) is 61.5 cm³/mol. The minimum atomic E-state index is -0.419. The van der Waals surface area contributed by atoms with Gasteiger partial charge in [0.15, 0.2) is 10.9 Å². The average molecular weight is 251 g/mol. The van der Waals surface area contributed by atoms with Crippen molar-refractivity contribution in [2.45, 2.75) is 17.0 Å². The first-order chi connectivity index (χ1) is 8.08. The lowest BCUT2D eigenvalue weighted by molar-refractivity contribution is 0.101. The number of rotatable bonds is 3. The largest absolute Gasteiger partial charge is 0.311 e. The van der Waals surface area contributed by atoms with E-state index in [4.69, 9.17) is 0 Å². The maximum absolute atomic E-state index is 13.1. The van der Waals surface area contributed by atoms with E-state index in [1.807, 2.05) is 0 Å². The van der Waals surface area contributed by atoms with Crippen LogP contribution in [-0.2, 0) is 7.05 Å². The van der Waals surface area contributed by atoms with Gasteiger partial charge in [0.2, 0.25) is 0 Å². The van der Waals surface area contributed by atoms with Gasteiger partial charge in [-0.05, 0) is 36.9 Å². The topological polar surface area (TPSA) is 47.8 Å². The van der Waals surface area contributed by atoms with Crippen LogP contribution in [0.4, 0.5) is 4.39 Å². The number of ketones is 1.